The molecule has 2 aromatic carbocycles. The Bertz CT molecular complexity index is 628. The van der Waals surface area contributed by atoms with Crippen LogP contribution in [-0.2, 0) is 0 Å². The van der Waals surface area contributed by atoms with E-state index in [0.717, 1.165) is 26.2 Å². The van der Waals surface area contributed by atoms with Crippen LogP contribution in [0.5, 0.6) is 0 Å². The van der Waals surface area contributed by atoms with Gasteiger partial charge in [0.25, 0.3) is 0 Å². The van der Waals surface area contributed by atoms with E-state index in [9.17, 15) is 0 Å². The Kier molecular flexibility index (Phi) is 4.99. The van der Waals surface area contributed by atoms with Crippen molar-refractivity contribution in [3.05, 3.63) is 65.2 Å². The third-order valence-electron chi connectivity index (χ3n) is 4.73. The first-order chi connectivity index (χ1) is 11.2. The first-order valence-corrected chi connectivity index (χ1v) is 8.44. The highest BCUT2D eigenvalue weighted by Gasteiger charge is 2.24. The van der Waals surface area contributed by atoms with Gasteiger partial charge in [-0.15, -0.1) is 0 Å². The molecule has 1 aliphatic heterocycles. The summed E-state index contributed by atoms with van der Waals surface area (Å²) in [5.41, 5.74) is 5.42. The van der Waals surface area contributed by atoms with Crippen molar-refractivity contribution < 1.29 is 0 Å². The highest BCUT2D eigenvalue weighted by molar-refractivity contribution is 5.48. The quantitative estimate of drug-likeness (QED) is 0.936. The summed E-state index contributed by atoms with van der Waals surface area (Å²) < 4.78 is 0. The smallest absolute Gasteiger partial charge is 0.0605 e. The van der Waals surface area contributed by atoms with Crippen molar-refractivity contribution >= 4 is 5.69 Å². The van der Waals surface area contributed by atoms with Crippen LogP contribution in [0.1, 0.15) is 22.7 Å². The summed E-state index contributed by atoms with van der Waals surface area (Å²) in [6, 6.07) is 18.2. The second-order valence-corrected chi connectivity index (χ2v) is 6.53. The van der Waals surface area contributed by atoms with Crippen LogP contribution in [-0.4, -0.2) is 45.2 Å². The van der Waals surface area contributed by atoms with E-state index in [1.807, 2.05) is 0 Å². The number of anilines is 1. The molecular weight excluding hydrogens is 282 g/mol. The van der Waals surface area contributed by atoms with E-state index in [1.165, 1.54) is 22.4 Å². The summed E-state index contributed by atoms with van der Waals surface area (Å²) >= 11 is 0. The standard InChI is InChI=1S/C20H27N3/c1-16-6-4-5-7-19(16)20(23-14-12-21-13-15-23)17-8-10-18(11-9-17)22(2)3/h4-11,20-21H,12-15H2,1-3H3. The van der Waals surface area contributed by atoms with Gasteiger partial charge >= 0.3 is 0 Å². The van der Waals surface area contributed by atoms with Gasteiger partial charge in [-0.1, -0.05) is 36.4 Å². The van der Waals surface area contributed by atoms with E-state index < -0.39 is 0 Å². The van der Waals surface area contributed by atoms with Crippen LogP contribution in [0.25, 0.3) is 0 Å². The maximum absolute atomic E-state index is 3.46. The zero-order valence-corrected chi connectivity index (χ0v) is 14.4. The summed E-state index contributed by atoms with van der Waals surface area (Å²) in [5, 5.41) is 3.46. The van der Waals surface area contributed by atoms with E-state index in [0.29, 0.717) is 6.04 Å². The fraction of sp³-hybridized carbons (Fsp3) is 0.400. The molecule has 0 aliphatic carbocycles. The number of hydrogen-bond donors (Lipinski definition) is 1. The van der Waals surface area contributed by atoms with Gasteiger partial charge in [0.1, 0.15) is 0 Å². The van der Waals surface area contributed by atoms with Crippen molar-refractivity contribution in [2.24, 2.45) is 0 Å². The molecule has 0 radical (unpaired) electrons. The van der Waals surface area contributed by atoms with Crippen LogP contribution in [0.15, 0.2) is 48.5 Å². The molecule has 1 heterocycles. The molecule has 0 aromatic heterocycles. The first-order valence-electron chi connectivity index (χ1n) is 8.44. The Balaban J connectivity index is 1.99. The predicted molar refractivity (Wildman–Crippen MR) is 98.2 cm³/mol. The van der Waals surface area contributed by atoms with Crippen LogP contribution >= 0.6 is 0 Å². The van der Waals surface area contributed by atoms with E-state index in [-0.39, 0.29) is 0 Å². The third-order valence-corrected chi connectivity index (χ3v) is 4.73. The number of nitrogens with one attached hydrogen (secondary N) is 1. The van der Waals surface area contributed by atoms with E-state index in [4.69, 9.17) is 0 Å². The third kappa shape index (κ3) is 3.57. The van der Waals surface area contributed by atoms with Gasteiger partial charge in [0.15, 0.2) is 0 Å². The largest absolute Gasteiger partial charge is 0.378 e. The fourth-order valence-corrected chi connectivity index (χ4v) is 3.38. The first kappa shape index (κ1) is 16.0. The van der Waals surface area contributed by atoms with Gasteiger partial charge in [-0.2, -0.15) is 0 Å². The predicted octanol–water partition coefficient (Wildman–Crippen LogP) is 3.06. The Hall–Kier alpha value is -1.84. The van der Waals surface area contributed by atoms with E-state index in [1.54, 1.807) is 0 Å². The van der Waals surface area contributed by atoms with Crippen molar-refractivity contribution in [1.82, 2.24) is 10.2 Å². The molecule has 0 bridgehead atoms. The average molecular weight is 309 g/mol. The lowest BCUT2D eigenvalue weighted by Crippen LogP contribution is -2.45. The highest BCUT2D eigenvalue weighted by atomic mass is 15.2. The number of rotatable bonds is 4. The minimum Gasteiger partial charge on any atom is -0.378 e. The molecule has 1 aliphatic rings. The number of benzene rings is 2. The Morgan fingerprint density at radius 2 is 1.61 bits per heavy atom. The summed E-state index contributed by atoms with van der Waals surface area (Å²) in [7, 11) is 4.17. The minimum atomic E-state index is 0.342. The molecular formula is C20H27N3. The highest BCUT2D eigenvalue weighted by Crippen LogP contribution is 2.32. The van der Waals surface area contributed by atoms with Crippen molar-refractivity contribution in [1.29, 1.82) is 0 Å². The summed E-state index contributed by atoms with van der Waals surface area (Å²) in [6.07, 6.45) is 0. The zero-order chi connectivity index (χ0) is 16.2. The SMILES string of the molecule is Cc1ccccc1C(c1ccc(N(C)C)cc1)N1CCNCC1. The Morgan fingerprint density at radius 1 is 0.957 bits per heavy atom. The Labute approximate surface area is 139 Å². The molecule has 0 saturated carbocycles. The van der Waals surface area contributed by atoms with Gasteiger partial charge in [0.05, 0.1) is 6.04 Å². The van der Waals surface area contributed by atoms with Crippen LogP contribution in [0, 0.1) is 6.92 Å². The minimum absolute atomic E-state index is 0.342. The fourth-order valence-electron chi connectivity index (χ4n) is 3.38. The van der Waals surface area contributed by atoms with Gasteiger partial charge in [-0.05, 0) is 35.7 Å². The topological polar surface area (TPSA) is 18.5 Å². The molecule has 122 valence electrons. The molecule has 1 N–H and O–H groups in total. The normalized spacial score (nSPS) is 17.0. The van der Waals surface area contributed by atoms with Crippen molar-refractivity contribution in [2.75, 3.05) is 45.2 Å². The van der Waals surface area contributed by atoms with E-state index in [2.05, 4.69) is 84.7 Å². The Morgan fingerprint density at radius 3 is 2.22 bits per heavy atom. The molecule has 3 heteroatoms. The molecule has 0 spiro atoms. The second-order valence-electron chi connectivity index (χ2n) is 6.53. The van der Waals surface area contributed by atoms with Gasteiger partial charge in [-0.25, -0.2) is 0 Å². The van der Waals surface area contributed by atoms with Gasteiger partial charge < -0.3 is 10.2 Å². The number of nitrogens with zero attached hydrogens (tertiary/aromatic N) is 2. The molecule has 1 atom stereocenters. The molecule has 0 amide bonds. The monoisotopic (exact) mass is 309 g/mol. The van der Waals surface area contributed by atoms with Crippen molar-refractivity contribution in [3.63, 3.8) is 0 Å². The van der Waals surface area contributed by atoms with Crippen molar-refractivity contribution in [2.45, 2.75) is 13.0 Å². The zero-order valence-electron chi connectivity index (χ0n) is 14.4. The summed E-state index contributed by atoms with van der Waals surface area (Å²) in [6.45, 7) is 6.54. The van der Waals surface area contributed by atoms with Crippen LogP contribution < -0.4 is 10.2 Å². The lowest BCUT2D eigenvalue weighted by atomic mass is 9.93. The maximum Gasteiger partial charge on any atom is 0.0605 e. The van der Waals surface area contributed by atoms with Crippen LogP contribution in [0.4, 0.5) is 5.69 Å². The maximum atomic E-state index is 3.46. The molecule has 3 nitrogen and oxygen atoms in total. The number of aryl methyl sites for hydroxylation is 1. The average Bonchev–Trinajstić information content (AvgIpc) is 2.58. The molecule has 1 unspecified atom stereocenters. The molecule has 1 fully saturated rings. The number of piperazine rings is 1. The van der Waals surface area contributed by atoms with Crippen LogP contribution in [0.3, 0.4) is 0 Å². The van der Waals surface area contributed by atoms with Crippen molar-refractivity contribution in [3.8, 4) is 0 Å². The van der Waals surface area contributed by atoms with Crippen LogP contribution in [0.2, 0.25) is 0 Å². The summed E-state index contributed by atoms with van der Waals surface area (Å²) in [4.78, 5) is 4.75. The molecule has 2 aromatic rings. The lowest BCUT2D eigenvalue weighted by Gasteiger charge is -2.36. The second kappa shape index (κ2) is 7.16. The van der Waals surface area contributed by atoms with Gasteiger partial charge in [0.2, 0.25) is 0 Å². The molecule has 3 rings (SSSR count). The molecule has 1 saturated heterocycles. The van der Waals surface area contributed by atoms with Gasteiger partial charge in [0, 0.05) is 46.0 Å². The molecule has 23 heavy (non-hydrogen) atoms. The van der Waals surface area contributed by atoms with E-state index >= 15 is 0 Å². The lowest BCUT2D eigenvalue weighted by molar-refractivity contribution is 0.198. The number of hydrogen-bond acceptors (Lipinski definition) is 3. The van der Waals surface area contributed by atoms with Gasteiger partial charge in [-0.3, -0.25) is 4.90 Å². The summed E-state index contributed by atoms with van der Waals surface area (Å²) in [5.74, 6) is 0.